The van der Waals surface area contributed by atoms with Crippen LogP contribution in [0.15, 0.2) is 91.3 Å². The first kappa shape index (κ1) is 21.6. The largest absolute Gasteiger partial charge is 0.485 e. The molecule has 0 saturated carbocycles. The van der Waals surface area contributed by atoms with Gasteiger partial charge in [0.15, 0.2) is 11.5 Å². The Balaban J connectivity index is 1.39. The Bertz CT molecular complexity index is 1790. The lowest BCUT2D eigenvalue weighted by Crippen LogP contribution is -2.15. The van der Waals surface area contributed by atoms with E-state index in [9.17, 15) is 0 Å². The van der Waals surface area contributed by atoms with Gasteiger partial charge in [-0.05, 0) is 53.4 Å². The van der Waals surface area contributed by atoms with E-state index in [1.165, 1.54) is 10.9 Å². The van der Waals surface area contributed by atoms with Gasteiger partial charge >= 0.3 is 0 Å². The van der Waals surface area contributed by atoms with E-state index in [1.54, 1.807) is 10.8 Å². The summed E-state index contributed by atoms with van der Waals surface area (Å²) in [6.45, 7) is 4.40. The maximum absolute atomic E-state index is 6.39. The zero-order chi connectivity index (χ0) is 24.9. The van der Waals surface area contributed by atoms with Gasteiger partial charge < -0.3 is 9.47 Å². The molecule has 3 heterocycles. The minimum atomic E-state index is -0.112. The molecule has 0 unspecified atom stereocenters. The molecule has 2 aromatic heterocycles. The molecule has 0 amide bonds. The molecule has 1 aliphatic rings. The van der Waals surface area contributed by atoms with Crippen LogP contribution < -0.4 is 9.47 Å². The lowest BCUT2D eigenvalue weighted by molar-refractivity contribution is 0.294. The van der Waals surface area contributed by atoms with Crippen LogP contribution in [0.2, 0.25) is 0 Å². The van der Waals surface area contributed by atoms with Crippen LogP contribution >= 0.6 is 0 Å². The SMILES string of the molecule is Cc1cccc(OCc2nc3c4c(ncn3n2)Oc2ccc3ccccc3c2[C@@H]4c2ccccc2)c1C. The number of hydrogen-bond acceptors (Lipinski definition) is 5. The lowest BCUT2D eigenvalue weighted by Gasteiger charge is -2.29. The highest BCUT2D eigenvalue weighted by Gasteiger charge is 2.34. The van der Waals surface area contributed by atoms with Crippen LogP contribution in [0.5, 0.6) is 17.4 Å². The fraction of sp³-hybridized carbons (Fsp3) is 0.129. The molecule has 0 bridgehead atoms. The quantitative estimate of drug-likeness (QED) is 0.276. The number of ether oxygens (including phenoxy) is 2. The topological polar surface area (TPSA) is 61.5 Å². The van der Waals surface area contributed by atoms with Crippen LogP contribution in [0.4, 0.5) is 0 Å². The predicted molar refractivity (Wildman–Crippen MR) is 142 cm³/mol. The number of nitrogens with zero attached hydrogens (tertiary/aromatic N) is 4. The highest BCUT2D eigenvalue weighted by atomic mass is 16.5. The van der Waals surface area contributed by atoms with Crippen molar-refractivity contribution in [3.05, 3.63) is 125 Å². The molecular weight excluding hydrogens is 460 g/mol. The van der Waals surface area contributed by atoms with E-state index in [0.29, 0.717) is 11.7 Å². The van der Waals surface area contributed by atoms with Crippen molar-refractivity contribution >= 4 is 16.4 Å². The molecule has 6 nitrogen and oxygen atoms in total. The van der Waals surface area contributed by atoms with Gasteiger partial charge in [0.25, 0.3) is 0 Å². The summed E-state index contributed by atoms with van der Waals surface area (Å²) in [5.41, 5.74) is 6.19. The second kappa shape index (κ2) is 8.45. The maximum atomic E-state index is 6.39. The molecule has 4 aromatic carbocycles. The Hall–Kier alpha value is -4.71. The molecule has 0 aliphatic carbocycles. The fourth-order valence-corrected chi connectivity index (χ4v) is 5.21. The van der Waals surface area contributed by atoms with Gasteiger partial charge in [0.1, 0.15) is 24.4 Å². The Kier molecular flexibility index (Phi) is 4.92. The maximum Gasteiger partial charge on any atom is 0.228 e. The zero-order valence-corrected chi connectivity index (χ0v) is 20.6. The van der Waals surface area contributed by atoms with E-state index >= 15 is 0 Å². The van der Waals surface area contributed by atoms with Crippen molar-refractivity contribution in [2.45, 2.75) is 26.4 Å². The molecule has 7 rings (SSSR count). The third-order valence-corrected chi connectivity index (χ3v) is 7.19. The number of rotatable bonds is 4. The van der Waals surface area contributed by atoms with Gasteiger partial charge in [0, 0.05) is 11.5 Å². The monoisotopic (exact) mass is 484 g/mol. The summed E-state index contributed by atoms with van der Waals surface area (Å²) in [5.74, 6) is 2.68. The molecule has 0 saturated heterocycles. The van der Waals surface area contributed by atoms with E-state index in [2.05, 4.69) is 79.5 Å². The molecule has 1 aliphatic heterocycles. The van der Waals surface area contributed by atoms with Crippen LogP contribution in [0, 0.1) is 13.8 Å². The second-order valence-corrected chi connectivity index (χ2v) is 9.39. The molecule has 0 radical (unpaired) electrons. The Morgan fingerprint density at radius 1 is 0.865 bits per heavy atom. The summed E-state index contributed by atoms with van der Waals surface area (Å²) in [6.07, 6.45) is 1.66. The number of fused-ring (bicyclic) bond motifs is 6. The lowest BCUT2D eigenvalue weighted by atomic mass is 9.81. The van der Waals surface area contributed by atoms with Crippen LogP contribution in [-0.2, 0) is 6.61 Å². The molecule has 180 valence electrons. The number of hydrogen-bond donors (Lipinski definition) is 0. The Morgan fingerprint density at radius 2 is 1.70 bits per heavy atom. The van der Waals surface area contributed by atoms with Gasteiger partial charge in [0.2, 0.25) is 5.88 Å². The van der Waals surface area contributed by atoms with Gasteiger partial charge in [-0.3, -0.25) is 0 Å². The predicted octanol–water partition coefficient (Wildman–Crippen LogP) is 6.76. The van der Waals surface area contributed by atoms with Gasteiger partial charge in [-0.1, -0.05) is 72.8 Å². The van der Waals surface area contributed by atoms with Crippen LogP contribution in [0.25, 0.3) is 16.4 Å². The molecule has 0 N–H and O–H groups in total. The second-order valence-electron chi connectivity index (χ2n) is 9.39. The highest BCUT2D eigenvalue weighted by molar-refractivity contribution is 5.90. The van der Waals surface area contributed by atoms with E-state index in [1.807, 2.05) is 24.3 Å². The number of benzene rings is 4. The molecular formula is C31H24N4O2. The molecule has 1 atom stereocenters. The van der Waals surface area contributed by atoms with Crippen molar-refractivity contribution in [3.63, 3.8) is 0 Å². The first-order chi connectivity index (χ1) is 18.2. The van der Waals surface area contributed by atoms with Gasteiger partial charge in [-0.25, -0.2) is 14.5 Å². The zero-order valence-electron chi connectivity index (χ0n) is 20.6. The van der Waals surface area contributed by atoms with Gasteiger partial charge in [-0.15, -0.1) is 5.10 Å². The third kappa shape index (κ3) is 3.52. The Labute approximate surface area is 214 Å². The van der Waals surface area contributed by atoms with E-state index < -0.39 is 0 Å². The smallest absolute Gasteiger partial charge is 0.228 e. The molecule has 0 spiro atoms. The van der Waals surface area contributed by atoms with E-state index in [-0.39, 0.29) is 12.5 Å². The van der Waals surface area contributed by atoms with Crippen molar-refractivity contribution in [3.8, 4) is 17.4 Å². The average molecular weight is 485 g/mol. The van der Waals surface area contributed by atoms with Crippen molar-refractivity contribution in [2.75, 3.05) is 0 Å². The first-order valence-corrected chi connectivity index (χ1v) is 12.3. The van der Waals surface area contributed by atoms with Gasteiger partial charge in [0.05, 0.1) is 5.56 Å². The summed E-state index contributed by atoms with van der Waals surface area (Å²) in [6, 6.07) is 29.1. The normalized spacial score (nSPS) is 14.3. The fourth-order valence-electron chi connectivity index (χ4n) is 5.21. The van der Waals surface area contributed by atoms with E-state index in [4.69, 9.17) is 19.6 Å². The third-order valence-electron chi connectivity index (χ3n) is 7.19. The minimum absolute atomic E-state index is 0.112. The van der Waals surface area contributed by atoms with E-state index in [0.717, 1.165) is 44.8 Å². The molecule has 0 fully saturated rings. The summed E-state index contributed by atoms with van der Waals surface area (Å²) < 4.78 is 14.2. The summed E-state index contributed by atoms with van der Waals surface area (Å²) in [4.78, 5) is 9.59. The number of aryl methyl sites for hydroxylation is 1. The summed E-state index contributed by atoms with van der Waals surface area (Å²) in [7, 11) is 0. The number of aromatic nitrogens is 4. The van der Waals surface area contributed by atoms with Crippen molar-refractivity contribution in [2.24, 2.45) is 0 Å². The summed E-state index contributed by atoms with van der Waals surface area (Å²) in [5, 5.41) is 7.01. The molecule has 6 heteroatoms. The summed E-state index contributed by atoms with van der Waals surface area (Å²) >= 11 is 0. The van der Waals surface area contributed by atoms with Crippen molar-refractivity contribution in [1.82, 2.24) is 19.6 Å². The molecule has 37 heavy (non-hydrogen) atoms. The van der Waals surface area contributed by atoms with Gasteiger partial charge in [-0.2, -0.15) is 0 Å². The van der Waals surface area contributed by atoms with Crippen molar-refractivity contribution < 1.29 is 9.47 Å². The highest BCUT2D eigenvalue weighted by Crippen LogP contribution is 2.50. The van der Waals surface area contributed by atoms with Crippen LogP contribution in [0.1, 0.15) is 39.6 Å². The van der Waals surface area contributed by atoms with Crippen molar-refractivity contribution in [1.29, 1.82) is 0 Å². The minimum Gasteiger partial charge on any atom is -0.485 e. The first-order valence-electron chi connectivity index (χ1n) is 12.3. The van der Waals surface area contributed by atoms with Crippen LogP contribution in [-0.4, -0.2) is 19.6 Å². The van der Waals surface area contributed by atoms with Crippen LogP contribution in [0.3, 0.4) is 0 Å². The average Bonchev–Trinajstić information content (AvgIpc) is 3.36. The molecule has 6 aromatic rings. The standard InChI is InChI=1S/C31H24N4O2/c1-19-9-8-14-24(20(19)2)36-17-26-33-30-29-27(22-11-4-3-5-12-22)28-23-13-7-6-10-21(23)15-16-25(28)37-31(29)32-18-35(30)34-26/h3-16,18,27H,17H2,1-2H3/t27-/m0/s1. The Morgan fingerprint density at radius 3 is 2.59 bits per heavy atom.